The molecule has 1 amide bonds. The Kier molecular flexibility index (Phi) is 6.32. The molecule has 0 unspecified atom stereocenters. The number of carbonyl (C=O) groups excluding carboxylic acids is 1. The van der Waals surface area contributed by atoms with E-state index >= 15 is 0 Å². The number of amides is 1. The predicted octanol–water partition coefficient (Wildman–Crippen LogP) is 3.35. The minimum Gasteiger partial charge on any atom is -0.494 e. The van der Waals surface area contributed by atoms with Gasteiger partial charge in [-0.3, -0.25) is 4.79 Å². The number of hydrogen-bond acceptors (Lipinski definition) is 3. The molecule has 0 radical (unpaired) electrons. The van der Waals surface area contributed by atoms with Crippen LogP contribution in [0.25, 0.3) is 0 Å². The fraction of sp³-hybridized carbons (Fsp3) is 0.263. The van der Waals surface area contributed by atoms with Crippen molar-refractivity contribution in [3.05, 3.63) is 65.0 Å². The smallest absolute Gasteiger partial charge is 0.220 e. The molecule has 4 nitrogen and oxygen atoms in total. The summed E-state index contributed by atoms with van der Waals surface area (Å²) < 4.78 is 18.5. The summed E-state index contributed by atoms with van der Waals surface area (Å²) in [6.07, 6.45) is 1.62. The van der Waals surface area contributed by atoms with E-state index in [4.69, 9.17) is 10.00 Å². The van der Waals surface area contributed by atoms with Crippen molar-refractivity contribution in [2.24, 2.45) is 0 Å². The molecule has 5 heteroatoms. The number of halogens is 1. The Balaban J connectivity index is 1.75. The van der Waals surface area contributed by atoms with Crippen molar-refractivity contribution in [1.82, 2.24) is 5.32 Å². The van der Waals surface area contributed by atoms with Gasteiger partial charge in [-0.25, -0.2) is 4.39 Å². The molecular formula is C19H19FN2O2. The number of carbonyl (C=O) groups is 1. The number of ether oxygens (including phenoxy) is 1. The highest BCUT2D eigenvalue weighted by Crippen LogP contribution is 2.18. The van der Waals surface area contributed by atoms with Crippen molar-refractivity contribution >= 4 is 5.91 Å². The highest BCUT2D eigenvalue weighted by atomic mass is 19.1. The number of hydrogen-bond donors (Lipinski definition) is 1. The monoisotopic (exact) mass is 326 g/mol. The van der Waals surface area contributed by atoms with Crippen LogP contribution in [0.3, 0.4) is 0 Å². The lowest BCUT2D eigenvalue weighted by Crippen LogP contribution is -2.22. The average Bonchev–Trinajstić information content (AvgIpc) is 2.60. The normalized spacial score (nSPS) is 10.0. The first kappa shape index (κ1) is 17.5. The van der Waals surface area contributed by atoms with Crippen LogP contribution >= 0.6 is 0 Å². The highest BCUT2D eigenvalue weighted by Gasteiger charge is 2.06. The molecule has 1 N–H and O–H groups in total. The van der Waals surface area contributed by atoms with Gasteiger partial charge in [-0.1, -0.05) is 18.2 Å². The van der Waals surface area contributed by atoms with Gasteiger partial charge in [-0.05, 0) is 48.2 Å². The molecule has 0 bridgehead atoms. The van der Waals surface area contributed by atoms with Crippen LogP contribution in [0.15, 0.2) is 42.5 Å². The van der Waals surface area contributed by atoms with Crippen molar-refractivity contribution in [2.45, 2.75) is 25.8 Å². The first-order valence-corrected chi connectivity index (χ1v) is 7.70. The van der Waals surface area contributed by atoms with Crippen molar-refractivity contribution in [1.29, 1.82) is 5.26 Å². The summed E-state index contributed by atoms with van der Waals surface area (Å²) in [6.45, 7) is 0.394. The molecule has 2 rings (SSSR count). The summed E-state index contributed by atoms with van der Waals surface area (Å²) in [7, 11) is 1.43. The summed E-state index contributed by atoms with van der Waals surface area (Å²) in [5.74, 6) is -0.237. The molecule has 0 atom stereocenters. The van der Waals surface area contributed by atoms with E-state index in [-0.39, 0.29) is 11.7 Å². The molecule has 0 saturated carbocycles. The number of aryl methyl sites for hydroxylation is 1. The van der Waals surface area contributed by atoms with Gasteiger partial charge in [0.25, 0.3) is 0 Å². The Morgan fingerprint density at radius 1 is 1.25 bits per heavy atom. The van der Waals surface area contributed by atoms with Crippen LogP contribution < -0.4 is 10.1 Å². The fourth-order valence-corrected chi connectivity index (χ4v) is 2.36. The summed E-state index contributed by atoms with van der Waals surface area (Å²) >= 11 is 0. The predicted molar refractivity (Wildman–Crippen MR) is 88.9 cm³/mol. The largest absolute Gasteiger partial charge is 0.494 e. The van der Waals surface area contributed by atoms with Crippen LogP contribution in [0, 0.1) is 17.1 Å². The molecule has 0 fully saturated rings. The number of nitrogens with zero attached hydrogens (tertiary/aromatic N) is 1. The summed E-state index contributed by atoms with van der Waals surface area (Å²) in [6, 6.07) is 14.0. The van der Waals surface area contributed by atoms with Crippen LogP contribution in [-0.2, 0) is 17.8 Å². The average molecular weight is 326 g/mol. The Bertz CT molecular complexity index is 753. The minimum atomic E-state index is -0.392. The van der Waals surface area contributed by atoms with Crippen LogP contribution in [0.5, 0.6) is 5.75 Å². The summed E-state index contributed by atoms with van der Waals surface area (Å²) in [5.41, 5.74) is 2.30. The van der Waals surface area contributed by atoms with E-state index < -0.39 is 5.82 Å². The SMILES string of the molecule is COc1ccc(CCCC(=O)NCc2cccc(C#N)c2)cc1F. The zero-order valence-electron chi connectivity index (χ0n) is 13.5. The Morgan fingerprint density at radius 3 is 2.79 bits per heavy atom. The minimum absolute atomic E-state index is 0.0636. The van der Waals surface area contributed by atoms with Gasteiger partial charge < -0.3 is 10.1 Å². The van der Waals surface area contributed by atoms with Gasteiger partial charge in [0.05, 0.1) is 18.7 Å². The maximum atomic E-state index is 13.6. The summed E-state index contributed by atoms with van der Waals surface area (Å²) in [4.78, 5) is 11.9. The maximum Gasteiger partial charge on any atom is 0.220 e. The van der Waals surface area contributed by atoms with E-state index in [1.54, 1.807) is 30.3 Å². The second kappa shape index (κ2) is 8.68. The Morgan fingerprint density at radius 2 is 2.08 bits per heavy atom. The third-order valence-corrected chi connectivity index (χ3v) is 3.63. The highest BCUT2D eigenvalue weighted by molar-refractivity contribution is 5.75. The number of nitrogens with one attached hydrogen (secondary N) is 1. The molecule has 0 aliphatic carbocycles. The van der Waals surface area contributed by atoms with Gasteiger partial charge in [0.2, 0.25) is 5.91 Å². The number of benzene rings is 2. The number of rotatable bonds is 7. The molecule has 0 saturated heterocycles. The van der Waals surface area contributed by atoms with E-state index in [1.807, 2.05) is 6.07 Å². The van der Waals surface area contributed by atoms with Gasteiger partial charge in [-0.2, -0.15) is 5.26 Å². The second-order valence-corrected chi connectivity index (χ2v) is 5.41. The molecule has 24 heavy (non-hydrogen) atoms. The number of nitriles is 1. The van der Waals surface area contributed by atoms with E-state index in [1.165, 1.54) is 13.2 Å². The van der Waals surface area contributed by atoms with Crippen LogP contribution in [0.4, 0.5) is 4.39 Å². The lowest BCUT2D eigenvalue weighted by molar-refractivity contribution is -0.121. The van der Waals surface area contributed by atoms with Gasteiger partial charge in [0, 0.05) is 13.0 Å². The van der Waals surface area contributed by atoms with Crippen LogP contribution in [0.2, 0.25) is 0 Å². The van der Waals surface area contributed by atoms with Crippen molar-refractivity contribution < 1.29 is 13.9 Å². The molecule has 0 aromatic heterocycles. The van der Waals surface area contributed by atoms with Crippen LogP contribution in [-0.4, -0.2) is 13.0 Å². The molecule has 0 spiro atoms. The summed E-state index contributed by atoms with van der Waals surface area (Å²) in [5, 5.41) is 11.7. The second-order valence-electron chi connectivity index (χ2n) is 5.41. The Labute approximate surface area is 140 Å². The molecule has 2 aromatic rings. The van der Waals surface area contributed by atoms with E-state index in [2.05, 4.69) is 11.4 Å². The molecule has 124 valence electrons. The van der Waals surface area contributed by atoms with Gasteiger partial charge in [-0.15, -0.1) is 0 Å². The maximum absolute atomic E-state index is 13.6. The van der Waals surface area contributed by atoms with Gasteiger partial charge >= 0.3 is 0 Å². The topological polar surface area (TPSA) is 62.1 Å². The third kappa shape index (κ3) is 5.10. The fourth-order valence-electron chi connectivity index (χ4n) is 2.36. The van der Waals surface area contributed by atoms with E-state index in [0.29, 0.717) is 31.4 Å². The molecular weight excluding hydrogens is 307 g/mol. The van der Waals surface area contributed by atoms with Crippen molar-refractivity contribution in [3.63, 3.8) is 0 Å². The lowest BCUT2D eigenvalue weighted by atomic mass is 10.1. The quantitative estimate of drug-likeness (QED) is 0.849. The standard InChI is InChI=1S/C19H19FN2O2/c1-24-18-9-8-14(11-17(18)20)4-3-7-19(23)22-13-16-6-2-5-15(10-16)12-21/h2,5-6,8-11H,3-4,7,13H2,1H3,(H,22,23). The Hall–Kier alpha value is -2.87. The first-order valence-electron chi connectivity index (χ1n) is 7.70. The zero-order valence-corrected chi connectivity index (χ0v) is 13.5. The van der Waals surface area contributed by atoms with Gasteiger partial charge in [0.15, 0.2) is 11.6 Å². The molecule has 2 aromatic carbocycles. The van der Waals surface area contributed by atoms with Crippen LogP contribution in [0.1, 0.15) is 29.5 Å². The molecule has 0 heterocycles. The lowest BCUT2D eigenvalue weighted by Gasteiger charge is -2.07. The van der Waals surface area contributed by atoms with E-state index in [0.717, 1.165) is 11.1 Å². The zero-order chi connectivity index (χ0) is 17.4. The number of methoxy groups -OCH3 is 1. The first-order chi connectivity index (χ1) is 11.6. The molecule has 0 aliphatic rings. The van der Waals surface area contributed by atoms with Crippen molar-refractivity contribution in [2.75, 3.05) is 7.11 Å². The van der Waals surface area contributed by atoms with Crippen molar-refractivity contribution in [3.8, 4) is 11.8 Å². The van der Waals surface area contributed by atoms with Gasteiger partial charge in [0.1, 0.15) is 0 Å². The van der Waals surface area contributed by atoms with E-state index in [9.17, 15) is 9.18 Å². The third-order valence-electron chi connectivity index (χ3n) is 3.63. The molecule has 0 aliphatic heterocycles.